The van der Waals surface area contributed by atoms with Crippen molar-refractivity contribution in [3.05, 3.63) is 29.3 Å². The van der Waals surface area contributed by atoms with Crippen molar-refractivity contribution in [3.8, 4) is 5.75 Å². The molecular weight excluding hydrogens is 344 g/mol. The minimum absolute atomic E-state index is 0.0721. The summed E-state index contributed by atoms with van der Waals surface area (Å²) in [6, 6.07) is 6.11. The van der Waals surface area contributed by atoms with Crippen molar-refractivity contribution in [2.24, 2.45) is 17.3 Å². The molecule has 1 aromatic carbocycles. The minimum Gasteiger partial charge on any atom is -0.430 e. The minimum atomic E-state index is -0.673. The Morgan fingerprint density at radius 1 is 1.19 bits per heavy atom. The number of carbonyl (C=O) groups is 2. The van der Waals surface area contributed by atoms with Crippen LogP contribution in [0.25, 0.3) is 0 Å². The van der Waals surface area contributed by atoms with Gasteiger partial charge in [-0.05, 0) is 73.1 Å². The van der Waals surface area contributed by atoms with E-state index < -0.39 is 5.79 Å². The molecule has 144 valence electrons. The van der Waals surface area contributed by atoms with Crippen molar-refractivity contribution in [1.29, 1.82) is 0 Å². The van der Waals surface area contributed by atoms with Crippen molar-refractivity contribution in [2.45, 2.75) is 70.7 Å². The topological polar surface area (TPSA) is 65.1 Å². The molecule has 4 aliphatic rings. The molecule has 1 saturated heterocycles. The number of fused-ring (bicyclic) bond motifs is 7. The molecule has 6 atom stereocenters. The Bertz CT molecular complexity index is 832. The van der Waals surface area contributed by atoms with Crippen molar-refractivity contribution in [3.63, 3.8) is 0 Å². The van der Waals surface area contributed by atoms with Gasteiger partial charge in [0.15, 0.2) is 0 Å². The van der Waals surface area contributed by atoms with Crippen LogP contribution in [0.1, 0.15) is 63.5 Å². The van der Waals surface area contributed by atoms with Crippen LogP contribution in [0.15, 0.2) is 18.2 Å². The zero-order valence-electron chi connectivity index (χ0n) is 16.1. The third-order valence-corrected chi connectivity index (χ3v) is 7.59. The predicted molar refractivity (Wildman–Crippen MR) is 97.1 cm³/mol. The third-order valence-electron chi connectivity index (χ3n) is 7.59. The number of hydrogen-bond donors (Lipinski definition) is 0. The first-order valence-corrected chi connectivity index (χ1v) is 10.0. The van der Waals surface area contributed by atoms with E-state index in [4.69, 9.17) is 14.2 Å². The van der Waals surface area contributed by atoms with Crippen LogP contribution in [-0.4, -0.2) is 23.8 Å². The first-order chi connectivity index (χ1) is 12.8. The van der Waals surface area contributed by atoms with Crippen molar-refractivity contribution < 1.29 is 23.8 Å². The van der Waals surface area contributed by atoms with E-state index in [2.05, 4.69) is 13.0 Å². The molecule has 0 spiro atoms. The molecule has 5 heteroatoms. The quantitative estimate of drug-likeness (QED) is 0.451. The molecule has 0 radical (unpaired) electrons. The van der Waals surface area contributed by atoms with E-state index in [0.717, 1.165) is 32.1 Å². The first-order valence-electron chi connectivity index (χ1n) is 10.0. The highest BCUT2D eigenvalue weighted by Crippen LogP contribution is 2.72. The van der Waals surface area contributed by atoms with Gasteiger partial charge in [0.05, 0.1) is 0 Å². The summed E-state index contributed by atoms with van der Waals surface area (Å²) in [5.74, 6) is 1.10. The highest BCUT2D eigenvalue weighted by Gasteiger charge is 2.79. The molecule has 3 aliphatic carbocycles. The van der Waals surface area contributed by atoms with E-state index in [1.165, 1.54) is 25.0 Å². The van der Waals surface area contributed by atoms with Gasteiger partial charge in [-0.2, -0.15) is 0 Å². The van der Waals surface area contributed by atoms with Gasteiger partial charge in [-0.15, -0.1) is 0 Å². The summed E-state index contributed by atoms with van der Waals surface area (Å²) in [5.41, 5.74) is 2.64. The Labute approximate surface area is 159 Å². The molecule has 1 aromatic rings. The maximum Gasteiger partial charge on any atom is 0.308 e. The molecule has 5 rings (SSSR count). The van der Waals surface area contributed by atoms with Crippen molar-refractivity contribution >= 4 is 11.9 Å². The Kier molecular flexibility index (Phi) is 3.55. The Morgan fingerprint density at radius 2 is 2.00 bits per heavy atom. The molecular formula is C22H26O5. The Hall–Kier alpha value is -1.88. The zero-order chi connectivity index (χ0) is 19.0. The van der Waals surface area contributed by atoms with E-state index in [0.29, 0.717) is 23.5 Å². The van der Waals surface area contributed by atoms with Crippen molar-refractivity contribution in [2.75, 3.05) is 0 Å². The number of hydrogen-bond acceptors (Lipinski definition) is 5. The summed E-state index contributed by atoms with van der Waals surface area (Å²) in [5, 5.41) is 0. The SMILES string of the molecule is CC(=O)Oc1ccc2c(c1)CC[C@@H]1[C@@H]2CC[C@@]2(C)[C@H]1C[C@H]1O[C@]12OC(C)=O. The van der Waals surface area contributed by atoms with Gasteiger partial charge in [-0.1, -0.05) is 13.0 Å². The summed E-state index contributed by atoms with van der Waals surface area (Å²) in [7, 11) is 0. The van der Waals surface area contributed by atoms with Gasteiger partial charge in [-0.3, -0.25) is 9.59 Å². The van der Waals surface area contributed by atoms with E-state index >= 15 is 0 Å². The molecule has 1 aliphatic heterocycles. The molecule has 0 N–H and O–H groups in total. The average molecular weight is 370 g/mol. The van der Waals surface area contributed by atoms with Gasteiger partial charge >= 0.3 is 11.9 Å². The molecule has 0 amide bonds. The lowest BCUT2D eigenvalue weighted by molar-refractivity contribution is -0.185. The van der Waals surface area contributed by atoms with E-state index in [1.54, 1.807) is 0 Å². The smallest absolute Gasteiger partial charge is 0.308 e. The van der Waals surface area contributed by atoms with Crippen LogP contribution in [0.4, 0.5) is 0 Å². The lowest BCUT2D eigenvalue weighted by Crippen LogP contribution is -2.48. The van der Waals surface area contributed by atoms with E-state index in [1.807, 2.05) is 12.1 Å². The number of benzene rings is 1. The van der Waals surface area contributed by atoms with Crippen LogP contribution in [0, 0.1) is 17.3 Å². The number of epoxide rings is 1. The largest absolute Gasteiger partial charge is 0.430 e. The van der Waals surface area contributed by atoms with E-state index in [-0.39, 0.29) is 23.5 Å². The van der Waals surface area contributed by atoms with Gasteiger partial charge in [-0.25, -0.2) is 0 Å². The second kappa shape index (κ2) is 5.57. The fourth-order valence-corrected chi connectivity index (χ4v) is 6.51. The van der Waals surface area contributed by atoms with E-state index in [9.17, 15) is 9.59 Å². The maximum absolute atomic E-state index is 11.7. The lowest BCUT2D eigenvalue weighted by Gasteiger charge is -2.51. The van der Waals surface area contributed by atoms with Gasteiger partial charge in [0.1, 0.15) is 11.9 Å². The number of aryl methyl sites for hydroxylation is 1. The first kappa shape index (κ1) is 17.2. The normalized spacial score (nSPS) is 40.9. The van der Waals surface area contributed by atoms with Crippen LogP contribution >= 0.6 is 0 Å². The summed E-state index contributed by atoms with van der Waals surface area (Å²) < 4.78 is 16.9. The number of ether oxygens (including phenoxy) is 3. The number of carbonyl (C=O) groups excluding carboxylic acids is 2. The van der Waals surface area contributed by atoms with Gasteiger partial charge in [0, 0.05) is 19.3 Å². The fraction of sp³-hybridized carbons (Fsp3) is 0.636. The second-order valence-electron chi connectivity index (χ2n) is 8.93. The summed E-state index contributed by atoms with van der Waals surface area (Å²) in [4.78, 5) is 22.9. The Balaban J connectivity index is 1.43. The molecule has 1 heterocycles. The molecule has 3 fully saturated rings. The third kappa shape index (κ3) is 2.33. The average Bonchev–Trinajstić information content (AvgIpc) is 3.23. The number of rotatable bonds is 2. The maximum atomic E-state index is 11.7. The molecule has 0 unspecified atom stereocenters. The zero-order valence-corrected chi connectivity index (χ0v) is 16.1. The molecule has 0 bridgehead atoms. The predicted octanol–water partition coefficient (Wildman–Crippen LogP) is 3.74. The molecule has 2 saturated carbocycles. The van der Waals surface area contributed by atoms with Crippen LogP contribution < -0.4 is 4.74 Å². The second-order valence-corrected chi connectivity index (χ2v) is 8.93. The highest BCUT2D eigenvalue weighted by atomic mass is 16.8. The Morgan fingerprint density at radius 3 is 2.74 bits per heavy atom. The molecule has 27 heavy (non-hydrogen) atoms. The summed E-state index contributed by atoms with van der Waals surface area (Å²) >= 11 is 0. The van der Waals surface area contributed by atoms with Crippen LogP contribution in [0.3, 0.4) is 0 Å². The summed E-state index contributed by atoms with van der Waals surface area (Å²) in [6.07, 6.45) is 5.29. The van der Waals surface area contributed by atoms with Crippen molar-refractivity contribution in [1.82, 2.24) is 0 Å². The molecule has 0 aromatic heterocycles. The van der Waals surface area contributed by atoms with Gasteiger partial charge in [0.25, 0.3) is 0 Å². The van der Waals surface area contributed by atoms with Crippen LogP contribution in [0.5, 0.6) is 5.75 Å². The van der Waals surface area contributed by atoms with Crippen LogP contribution in [-0.2, 0) is 25.5 Å². The summed E-state index contributed by atoms with van der Waals surface area (Å²) in [6.45, 7) is 5.18. The monoisotopic (exact) mass is 370 g/mol. The fourth-order valence-electron chi connectivity index (χ4n) is 6.51. The van der Waals surface area contributed by atoms with Crippen LogP contribution in [0.2, 0.25) is 0 Å². The lowest BCUT2D eigenvalue weighted by atomic mass is 9.55. The standard InChI is InChI=1S/C22H26O5/c1-12(23)25-15-5-7-16-14(10-15)4-6-18-17(16)8-9-21(3)19(18)11-20-22(21,27-20)26-13(2)24/h5,7,10,17-20H,4,6,8-9,11H2,1-3H3/t17-,18-,19+,20-,21+,22-/m1/s1. The van der Waals surface area contributed by atoms with Gasteiger partial charge < -0.3 is 14.2 Å². The molecule has 5 nitrogen and oxygen atoms in total. The number of esters is 2. The highest BCUT2D eigenvalue weighted by molar-refractivity contribution is 5.69. The van der Waals surface area contributed by atoms with Gasteiger partial charge in [0.2, 0.25) is 5.79 Å².